The molecule has 31 heavy (non-hydrogen) atoms. The Labute approximate surface area is 180 Å². The smallest absolute Gasteiger partial charge is 0.309 e. The summed E-state index contributed by atoms with van der Waals surface area (Å²) in [5, 5.41) is 12.3. The first-order valence-corrected chi connectivity index (χ1v) is 10.4. The van der Waals surface area contributed by atoms with Crippen LogP contribution in [0.2, 0.25) is 0 Å². The van der Waals surface area contributed by atoms with Crippen molar-refractivity contribution in [3.8, 4) is 11.5 Å². The molecule has 0 fully saturated rings. The fourth-order valence-corrected chi connectivity index (χ4v) is 3.48. The normalized spacial score (nSPS) is 12.8. The van der Waals surface area contributed by atoms with Gasteiger partial charge in [0, 0.05) is 22.4 Å². The number of benzene rings is 3. The minimum absolute atomic E-state index is 0.383. The number of furan rings is 1. The van der Waals surface area contributed by atoms with Gasteiger partial charge in [-0.05, 0) is 57.4 Å². The summed E-state index contributed by atoms with van der Waals surface area (Å²) in [6.45, 7) is 7.28. The molecule has 0 atom stereocenters. The van der Waals surface area contributed by atoms with Crippen LogP contribution in [0.1, 0.15) is 27.7 Å². The van der Waals surface area contributed by atoms with Crippen LogP contribution < -0.4 is 5.46 Å². The van der Waals surface area contributed by atoms with Gasteiger partial charge in [-0.2, -0.15) is 0 Å². The number of fused-ring (bicyclic) bond motifs is 4. The van der Waals surface area contributed by atoms with Gasteiger partial charge in [0.15, 0.2) is 5.58 Å². The summed E-state index contributed by atoms with van der Waals surface area (Å²) in [5.41, 5.74) is 3.34. The lowest BCUT2D eigenvalue weighted by molar-refractivity contribution is -0.0893. The number of hydrogen-bond acceptors (Lipinski definition) is 5. The molecule has 0 aliphatic carbocycles. The van der Waals surface area contributed by atoms with Crippen molar-refractivity contribution in [3.63, 3.8) is 0 Å². The lowest BCUT2D eigenvalue weighted by Crippen LogP contribution is -2.49. The minimum atomic E-state index is -0.948. The van der Waals surface area contributed by atoms with Gasteiger partial charge < -0.3 is 18.6 Å². The molecule has 0 aliphatic heterocycles. The summed E-state index contributed by atoms with van der Waals surface area (Å²) >= 11 is 0. The van der Waals surface area contributed by atoms with Gasteiger partial charge in [-0.15, -0.1) is 0 Å². The van der Waals surface area contributed by atoms with E-state index in [1.54, 1.807) is 13.8 Å². The third kappa shape index (κ3) is 3.52. The molecule has 2 heterocycles. The standard InChI is InChI=1S/C25H24BNO4/c1-24(2,28)25(3,4)31-26-16-10-11-17-18-13-19-22(14-21(18)29-20(17)12-16)30-23(27-19)15-8-6-5-7-9-15/h5-14,26,28H,1-4H3. The Morgan fingerprint density at radius 3 is 2.32 bits per heavy atom. The number of oxazole rings is 1. The Balaban J connectivity index is 1.50. The van der Waals surface area contributed by atoms with Crippen LogP contribution in [0.4, 0.5) is 0 Å². The van der Waals surface area contributed by atoms with E-state index in [4.69, 9.17) is 13.5 Å². The molecule has 1 N–H and O–H groups in total. The third-order valence-corrected chi connectivity index (χ3v) is 6.14. The summed E-state index contributed by atoms with van der Waals surface area (Å²) in [4.78, 5) is 4.66. The highest BCUT2D eigenvalue weighted by atomic mass is 16.5. The van der Waals surface area contributed by atoms with Gasteiger partial charge in [0.25, 0.3) is 0 Å². The monoisotopic (exact) mass is 413 g/mol. The van der Waals surface area contributed by atoms with E-state index < -0.39 is 11.2 Å². The lowest BCUT2D eigenvalue weighted by atomic mass is 9.82. The van der Waals surface area contributed by atoms with Crippen LogP contribution in [0.15, 0.2) is 69.5 Å². The Kier molecular flexibility index (Phi) is 4.47. The largest absolute Gasteiger partial charge is 0.456 e. The van der Waals surface area contributed by atoms with Gasteiger partial charge in [-0.1, -0.05) is 30.3 Å². The first kappa shape index (κ1) is 19.9. The van der Waals surface area contributed by atoms with Crippen LogP contribution in [-0.4, -0.2) is 28.8 Å². The van der Waals surface area contributed by atoms with Crippen molar-refractivity contribution in [2.75, 3.05) is 0 Å². The van der Waals surface area contributed by atoms with Crippen LogP contribution in [-0.2, 0) is 4.65 Å². The van der Waals surface area contributed by atoms with Crippen LogP contribution in [0, 0.1) is 0 Å². The van der Waals surface area contributed by atoms with Gasteiger partial charge >= 0.3 is 7.48 Å². The van der Waals surface area contributed by atoms with Crippen molar-refractivity contribution >= 4 is 46.0 Å². The molecule has 2 aromatic heterocycles. The number of aliphatic hydroxyl groups is 1. The molecule has 0 unspecified atom stereocenters. The molecule has 5 nitrogen and oxygen atoms in total. The van der Waals surface area contributed by atoms with Gasteiger partial charge in [-0.3, -0.25) is 0 Å². The van der Waals surface area contributed by atoms with Gasteiger partial charge in [0.2, 0.25) is 5.89 Å². The molecular weight excluding hydrogens is 389 g/mol. The molecule has 0 amide bonds. The molecule has 0 radical (unpaired) electrons. The van der Waals surface area contributed by atoms with Crippen LogP contribution >= 0.6 is 0 Å². The first-order chi connectivity index (χ1) is 14.7. The van der Waals surface area contributed by atoms with E-state index in [0.29, 0.717) is 19.0 Å². The predicted molar refractivity (Wildman–Crippen MR) is 125 cm³/mol. The summed E-state index contributed by atoms with van der Waals surface area (Å²) in [6.07, 6.45) is 0. The predicted octanol–water partition coefficient (Wildman–Crippen LogP) is 4.94. The second-order valence-electron chi connectivity index (χ2n) is 8.99. The topological polar surface area (TPSA) is 68.6 Å². The SMILES string of the molecule is CC(C)(O)C(C)(C)OBc1ccc2c(c1)oc1cc3oc(-c4ccccc4)nc3cc12. The quantitative estimate of drug-likeness (QED) is 0.414. The van der Waals surface area contributed by atoms with Crippen molar-refractivity contribution in [3.05, 3.63) is 60.7 Å². The van der Waals surface area contributed by atoms with Gasteiger partial charge in [-0.25, -0.2) is 4.98 Å². The Morgan fingerprint density at radius 1 is 0.839 bits per heavy atom. The van der Waals surface area contributed by atoms with Crippen LogP contribution in [0.3, 0.4) is 0 Å². The Hall–Kier alpha value is -3.09. The number of aromatic nitrogens is 1. The van der Waals surface area contributed by atoms with E-state index in [1.165, 1.54) is 0 Å². The number of rotatable bonds is 5. The first-order valence-electron chi connectivity index (χ1n) is 10.4. The zero-order valence-electron chi connectivity index (χ0n) is 18.1. The van der Waals surface area contributed by atoms with Crippen molar-refractivity contribution in [1.82, 2.24) is 4.98 Å². The molecule has 0 aliphatic rings. The van der Waals surface area contributed by atoms with E-state index in [-0.39, 0.29) is 0 Å². The second kappa shape index (κ2) is 6.97. The van der Waals surface area contributed by atoms with Crippen molar-refractivity contribution < 1.29 is 18.6 Å². The van der Waals surface area contributed by atoms with Gasteiger partial charge in [0.05, 0.1) is 11.2 Å². The van der Waals surface area contributed by atoms with E-state index in [9.17, 15) is 5.11 Å². The van der Waals surface area contributed by atoms with Crippen molar-refractivity contribution in [2.45, 2.75) is 38.9 Å². The summed E-state index contributed by atoms with van der Waals surface area (Å²) in [5.74, 6) is 0.599. The maximum absolute atomic E-state index is 10.3. The Bertz CT molecular complexity index is 1390. The summed E-state index contributed by atoms with van der Waals surface area (Å²) < 4.78 is 18.1. The highest BCUT2D eigenvalue weighted by molar-refractivity contribution is 6.47. The van der Waals surface area contributed by atoms with E-state index in [1.807, 2.05) is 74.5 Å². The van der Waals surface area contributed by atoms with Crippen LogP contribution in [0.5, 0.6) is 0 Å². The zero-order chi connectivity index (χ0) is 21.8. The molecule has 5 aromatic rings. The average Bonchev–Trinajstić information content (AvgIpc) is 3.30. The van der Waals surface area contributed by atoms with Crippen LogP contribution in [0.25, 0.3) is 44.5 Å². The fourth-order valence-electron chi connectivity index (χ4n) is 3.48. The molecule has 156 valence electrons. The molecule has 6 heteroatoms. The van der Waals surface area contributed by atoms with Gasteiger partial charge in [0.1, 0.15) is 16.7 Å². The third-order valence-electron chi connectivity index (χ3n) is 6.14. The fraction of sp³-hybridized carbons (Fsp3) is 0.240. The van der Waals surface area contributed by atoms with Crippen molar-refractivity contribution in [2.24, 2.45) is 0 Å². The maximum Gasteiger partial charge on any atom is 0.309 e. The number of nitrogens with zero attached hydrogens (tertiary/aromatic N) is 1. The number of hydrogen-bond donors (Lipinski definition) is 1. The molecule has 3 aromatic carbocycles. The van der Waals surface area contributed by atoms with Crippen molar-refractivity contribution in [1.29, 1.82) is 0 Å². The summed E-state index contributed by atoms with van der Waals surface area (Å²) in [7, 11) is 0.383. The second-order valence-corrected chi connectivity index (χ2v) is 8.99. The minimum Gasteiger partial charge on any atom is -0.456 e. The highest BCUT2D eigenvalue weighted by Gasteiger charge is 2.35. The average molecular weight is 413 g/mol. The molecular formula is C25H24BNO4. The van der Waals surface area contributed by atoms with E-state index in [2.05, 4.69) is 4.98 Å². The molecule has 5 rings (SSSR count). The molecule has 0 saturated heterocycles. The highest BCUT2D eigenvalue weighted by Crippen LogP contribution is 2.33. The maximum atomic E-state index is 10.3. The van der Waals surface area contributed by atoms with E-state index >= 15 is 0 Å². The lowest BCUT2D eigenvalue weighted by Gasteiger charge is -2.37. The zero-order valence-corrected chi connectivity index (χ0v) is 18.1. The molecule has 0 spiro atoms. The van der Waals surface area contributed by atoms with E-state index in [0.717, 1.165) is 38.5 Å². The Morgan fingerprint density at radius 2 is 1.58 bits per heavy atom. The molecule has 0 bridgehead atoms. The molecule has 0 saturated carbocycles. The summed E-state index contributed by atoms with van der Waals surface area (Å²) in [6, 6.07) is 19.8.